The highest BCUT2D eigenvalue weighted by Gasteiger charge is 2.32. The lowest BCUT2D eigenvalue weighted by molar-refractivity contribution is 0.0289. The Balaban J connectivity index is 1.41. The molecule has 0 spiro atoms. The zero-order valence-electron chi connectivity index (χ0n) is 15.9. The Morgan fingerprint density at radius 1 is 1.12 bits per heavy atom. The first kappa shape index (κ1) is 18.8. The minimum absolute atomic E-state index is 0.0367. The number of likely N-dealkylation sites (tertiary alicyclic amines) is 2. The molecule has 0 bridgehead atoms. The van der Waals surface area contributed by atoms with Gasteiger partial charge in [0.05, 0.1) is 6.26 Å². The van der Waals surface area contributed by atoms with Gasteiger partial charge in [0.2, 0.25) is 0 Å². The molecule has 144 valence electrons. The van der Waals surface area contributed by atoms with Crippen molar-refractivity contribution < 1.29 is 18.7 Å². The quantitative estimate of drug-likeness (QED) is 0.893. The maximum absolute atomic E-state index is 12.3. The van der Waals surface area contributed by atoms with Crippen molar-refractivity contribution in [2.24, 2.45) is 0 Å². The van der Waals surface area contributed by atoms with E-state index in [9.17, 15) is 9.59 Å². The number of hydrogen-bond acceptors (Lipinski definition) is 5. The van der Waals surface area contributed by atoms with Crippen LogP contribution in [0.5, 0.6) is 0 Å². The molecular weight excluding hydrogens is 334 g/mol. The fraction of sp³-hybridized carbons (Fsp3) is 0.684. The third kappa shape index (κ3) is 4.78. The van der Waals surface area contributed by atoms with Crippen LogP contribution in [0.1, 0.15) is 50.6 Å². The summed E-state index contributed by atoms with van der Waals surface area (Å²) in [6.07, 6.45) is 4.05. The molecule has 1 atom stereocenters. The standard InChI is InChI=1S/C19H29N3O4/c1-19(2,3)26-18(24)22-11-8-15(13-22)20-14-6-9-21(10-7-14)17(23)16-5-4-12-25-16/h4-5,12,14-15,20H,6-11,13H2,1-3H3. The molecule has 2 fully saturated rings. The van der Waals surface area contributed by atoms with E-state index >= 15 is 0 Å². The van der Waals surface area contributed by atoms with Gasteiger partial charge in [-0.25, -0.2) is 4.79 Å². The van der Waals surface area contributed by atoms with Gasteiger partial charge in [0.15, 0.2) is 5.76 Å². The smallest absolute Gasteiger partial charge is 0.410 e. The Labute approximate surface area is 154 Å². The van der Waals surface area contributed by atoms with E-state index < -0.39 is 5.60 Å². The molecule has 2 amide bonds. The predicted molar refractivity (Wildman–Crippen MR) is 97.0 cm³/mol. The molecule has 0 radical (unpaired) electrons. The molecule has 2 aliphatic heterocycles. The molecular formula is C19H29N3O4. The number of piperidine rings is 1. The maximum Gasteiger partial charge on any atom is 0.410 e. The number of carbonyl (C=O) groups excluding carboxylic acids is 2. The first-order valence-corrected chi connectivity index (χ1v) is 9.38. The van der Waals surface area contributed by atoms with E-state index in [0.29, 0.717) is 24.4 Å². The van der Waals surface area contributed by atoms with Crippen LogP contribution in [0.3, 0.4) is 0 Å². The number of rotatable bonds is 3. The molecule has 3 heterocycles. The number of furan rings is 1. The van der Waals surface area contributed by atoms with Crippen LogP contribution in [0.2, 0.25) is 0 Å². The SMILES string of the molecule is CC(C)(C)OC(=O)N1CCC(NC2CCN(C(=O)c3ccco3)CC2)C1. The summed E-state index contributed by atoms with van der Waals surface area (Å²) in [6.45, 7) is 8.50. The van der Waals surface area contributed by atoms with Crippen molar-refractivity contribution in [2.75, 3.05) is 26.2 Å². The molecule has 7 nitrogen and oxygen atoms in total. The van der Waals surface area contributed by atoms with Crippen molar-refractivity contribution >= 4 is 12.0 Å². The molecule has 2 aliphatic rings. The van der Waals surface area contributed by atoms with Crippen molar-refractivity contribution in [3.63, 3.8) is 0 Å². The van der Waals surface area contributed by atoms with E-state index in [1.807, 2.05) is 25.7 Å². The first-order chi connectivity index (χ1) is 12.3. The Hall–Kier alpha value is -2.02. The van der Waals surface area contributed by atoms with Gasteiger partial charge in [0, 0.05) is 38.3 Å². The Morgan fingerprint density at radius 3 is 2.38 bits per heavy atom. The van der Waals surface area contributed by atoms with Crippen LogP contribution in [0.25, 0.3) is 0 Å². The van der Waals surface area contributed by atoms with Crippen molar-refractivity contribution in [1.29, 1.82) is 0 Å². The summed E-state index contributed by atoms with van der Waals surface area (Å²) in [5.41, 5.74) is -0.462. The fourth-order valence-corrected chi connectivity index (χ4v) is 3.53. The van der Waals surface area contributed by atoms with Gasteiger partial charge in [0.25, 0.3) is 5.91 Å². The lowest BCUT2D eigenvalue weighted by Gasteiger charge is -2.33. The highest BCUT2D eigenvalue weighted by Crippen LogP contribution is 2.19. The number of hydrogen-bond donors (Lipinski definition) is 1. The van der Waals surface area contributed by atoms with E-state index in [4.69, 9.17) is 9.15 Å². The molecule has 26 heavy (non-hydrogen) atoms. The van der Waals surface area contributed by atoms with Gasteiger partial charge in [0.1, 0.15) is 5.60 Å². The number of nitrogens with one attached hydrogen (secondary N) is 1. The van der Waals surface area contributed by atoms with Crippen molar-refractivity contribution in [2.45, 2.75) is 57.7 Å². The maximum atomic E-state index is 12.3. The van der Waals surface area contributed by atoms with Gasteiger partial charge in [-0.05, 0) is 52.2 Å². The molecule has 0 saturated carbocycles. The summed E-state index contributed by atoms with van der Waals surface area (Å²) in [4.78, 5) is 28.1. The van der Waals surface area contributed by atoms with E-state index in [1.54, 1.807) is 17.0 Å². The van der Waals surface area contributed by atoms with Crippen LogP contribution < -0.4 is 5.32 Å². The molecule has 1 unspecified atom stereocenters. The Bertz CT molecular complexity index is 615. The van der Waals surface area contributed by atoms with Crippen LogP contribution >= 0.6 is 0 Å². The molecule has 1 aromatic heterocycles. The van der Waals surface area contributed by atoms with Crippen molar-refractivity contribution in [3.8, 4) is 0 Å². The first-order valence-electron chi connectivity index (χ1n) is 9.38. The summed E-state index contributed by atoms with van der Waals surface area (Å²) in [6, 6.07) is 4.10. The van der Waals surface area contributed by atoms with E-state index in [0.717, 1.165) is 38.9 Å². The molecule has 2 saturated heterocycles. The average molecular weight is 363 g/mol. The highest BCUT2D eigenvalue weighted by atomic mass is 16.6. The number of carbonyl (C=O) groups is 2. The molecule has 0 aromatic carbocycles. The second-order valence-electron chi connectivity index (χ2n) is 8.12. The van der Waals surface area contributed by atoms with Gasteiger partial charge in [-0.1, -0.05) is 0 Å². The second-order valence-corrected chi connectivity index (χ2v) is 8.12. The number of ether oxygens (including phenoxy) is 1. The van der Waals surface area contributed by atoms with Gasteiger partial charge in [-0.3, -0.25) is 4.79 Å². The summed E-state index contributed by atoms with van der Waals surface area (Å²) in [7, 11) is 0. The molecule has 1 N–H and O–H groups in total. The zero-order valence-corrected chi connectivity index (χ0v) is 15.9. The van der Waals surface area contributed by atoms with E-state index in [2.05, 4.69) is 5.32 Å². The highest BCUT2D eigenvalue weighted by molar-refractivity contribution is 5.91. The van der Waals surface area contributed by atoms with Gasteiger partial charge < -0.3 is 24.3 Å². The summed E-state index contributed by atoms with van der Waals surface area (Å²) in [5.74, 6) is 0.366. The molecule has 0 aliphatic carbocycles. The molecule has 1 aromatic rings. The zero-order chi connectivity index (χ0) is 18.7. The van der Waals surface area contributed by atoms with Crippen LogP contribution in [0, 0.1) is 0 Å². The van der Waals surface area contributed by atoms with Gasteiger partial charge in [-0.2, -0.15) is 0 Å². The average Bonchev–Trinajstić information content (AvgIpc) is 3.25. The van der Waals surface area contributed by atoms with Gasteiger partial charge >= 0.3 is 6.09 Å². The van der Waals surface area contributed by atoms with Crippen molar-refractivity contribution in [3.05, 3.63) is 24.2 Å². The van der Waals surface area contributed by atoms with Crippen molar-refractivity contribution in [1.82, 2.24) is 15.1 Å². The Morgan fingerprint density at radius 2 is 1.77 bits per heavy atom. The lowest BCUT2D eigenvalue weighted by Crippen LogP contribution is -2.48. The molecule has 3 rings (SSSR count). The predicted octanol–water partition coefficient (Wildman–Crippen LogP) is 2.48. The van der Waals surface area contributed by atoms with E-state index in [-0.39, 0.29) is 12.0 Å². The third-order valence-corrected chi connectivity index (χ3v) is 4.83. The summed E-state index contributed by atoms with van der Waals surface area (Å²) >= 11 is 0. The summed E-state index contributed by atoms with van der Waals surface area (Å²) < 4.78 is 10.6. The second kappa shape index (κ2) is 7.70. The van der Waals surface area contributed by atoms with E-state index in [1.165, 1.54) is 6.26 Å². The number of amides is 2. The van der Waals surface area contributed by atoms with Gasteiger partial charge in [-0.15, -0.1) is 0 Å². The van der Waals surface area contributed by atoms with Crippen LogP contribution in [-0.4, -0.2) is 65.7 Å². The minimum atomic E-state index is -0.462. The van der Waals surface area contributed by atoms with Crippen LogP contribution in [0.15, 0.2) is 22.8 Å². The monoisotopic (exact) mass is 363 g/mol. The van der Waals surface area contributed by atoms with Crippen LogP contribution in [-0.2, 0) is 4.74 Å². The lowest BCUT2D eigenvalue weighted by atomic mass is 10.0. The topological polar surface area (TPSA) is 75.0 Å². The Kier molecular flexibility index (Phi) is 5.55. The van der Waals surface area contributed by atoms with Crippen LogP contribution in [0.4, 0.5) is 4.79 Å². The fourth-order valence-electron chi connectivity index (χ4n) is 3.53. The molecule has 7 heteroatoms. The third-order valence-electron chi connectivity index (χ3n) is 4.83. The summed E-state index contributed by atoms with van der Waals surface area (Å²) in [5, 5.41) is 3.65. The normalized spacial score (nSPS) is 21.9. The largest absolute Gasteiger partial charge is 0.459 e. The minimum Gasteiger partial charge on any atom is -0.459 e. The number of nitrogens with zero attached hydrogens (tertiary/aromatic N) is 2.